The fourth-order valence-corrected chi connectivity index (χ4v) is 2.20. The lowest BCUT2D eigenvalue weighted by Gasteiger charge is -1.99. The van der Waals surface area contributed by atoms with E-state index in [1.54, 1.807) is 7.05 Å². The van der Waals surface area contributed by atoms with Crippen molar-refractivity contribution in [2.75, 3.05) is 7.05 Å². The number of hydrogen-bond donors (Lipinski definition) is 1. The molecule has 0 aromatic carbocycles. The van der Waals surface area contributed by atoms with Gasteiger partial charge in [0.1, 0.15) is 5.01 Å². The Morgan fingerprint density at radius 3 is 2.69 bits per heavy atom. The summed E-state index contributed by atoms with van der Waals surface area (Å²) in [7, 11) is 1.69. The van der Waals surface area contributed by atoms with Gasteiger partial charge in [-0.05, 0) is 7.05 Å². The Hall–Kier alpha value is -0.340. The van der Waals surface area contributed by atoms with E-state index in [-0.39, 0.29) is 16.1 Å². The van der Waals surface area contributed by atoms with E-state index in [1.165, 1.54) is 0 Å². The van der Waals surface area contributed by atoms with Crippen LogP contribution in [0.15, 0.2) is 4.34 Å². The molecule has 0 unspecified atom stereocenters. The van der Waals surface area contributed by atoms with Gasteiger partial charge in [-0.25, -0.2) is 0 Å². The van der Waals surface area contributed by atoms with E-state index in [4.69, 9.17) is 0 Å². The molecule has 0 fully saturated rings. The number of nitrogens with one attached hydrogen (secondary N) is 1. The van der Waals surface area contributed by atoms with Crippen LogP contribution in [0.1, 0.15) is 5.01 Å². The number of rotatable bonds is 3. The molecule has 0 spiro atoms. The minimum absolute atomic E-state index is 0.0715. The largest absolute Gasteiger partial charge is 0.448 e. The van der Waals surface area contributed by atoms with Crippen LogP contribution in [0.5, 0.6) is 0 Å². The normalized spacial score (nSPS) is 12.0. The third kappa shape index (κ3) is 3.92. The van der Waals surface area contributed by atoms with E-state index in [1.807, 2.05) is 0 Å². The van der Waals surface area contributed by atoms with Gasteiger partial charge < -0.3 is 5.32 Å². The Labute approximate surface area is 80.7 Å². The van der Waals surface area contributed by atoms with E-state index >= 15 is 0 Å². The predicted molar refractivity (Wildman–Crippen MR) is 44.6 cm³/mol. The van der Waals surface area contributed by atoms with Crippen molar-refractivity contribution in [1.82, 2.24) is 15.5 Å². The maximum atomic E-state index is 11.8. The van der Waals surface area contributed by atoms with Crippen molar-refractivity contribution in [3.63, 3.8) is 0 Å². The lowest BCUT2D eigenvalue weighted by molar-refractivity contribution is -0.0328. The van der Waals surface area contributed by atoms with Crippen LogP contribution in [-0.2, 0) is 6.54 Å². The van der Waals surface area contributed by atoms with Crippen LogP contribution >= 0.6 is 23.1 Å². The molecular formula is C5H6F3N3S2. The number of hydrogen-bond acceptors (Lipinski definition) is 5. The molecule has 0 radical (unpaired) electrons. The smallest absolute Gasteiger partial charge is 0.313 e. The summed E-state index contributed by atoms with van der Waals surface area (Å²) in [6, 6.07) is 0. The maximum Gasteiger partial charge on any atom is 0.448 e. The number of nitrogens with zero attached hydrogens (tertiary/aromatic N) is 2. The van der Waals surface area contributed by atoms with E-state index in [9.17, 15) is 13.2 Å². The summed E-state index contributed by atoms with van der Waals surface area (Å²) in [5, 5.41) is 10.3. The van der Waals surface area contributed by atoms with Crippen molar-refractivity contribution in [3.8, 4) is 0 Å². The second-order valence-electron chi connectivity index (χ2n) is 2.04. The van der Waals surface area contributed by atoms with Crippen LogP contribution in [0.2, 0.25) is 0 Å². The van der Waals surface area contributed by atoms with Gasteiger partial charge in [-0.15, -0.1) is 10.2 Å². The van der Waals surface area contributed by atoms with Gasteiger partial charge in [-0.3, -0.25) is 0 Å². The first-order chi connectivity index (χ1) is 6.01. The minimum atomic E-state index is -4.28. The van der Waals surface area contributed by atoms with Gasteiger partial charge in [-0.1, -0.05) is 11.3 Å². The van der Waals surface area contributed by atoms with Gasteiger partial charge in [0.2, 0.25) is 0 Å². The zero-order chi connectivity index (χ0) is 9.90. The second-order valence-corrected chi connectivity index (χ2v) is 4.41. The highest BCUT2D eigenvalue weighted by molar-refractivity contribution is 8.01. The highest BCUT2D eigenvalue weighted by atomic mass is 32.2. The molecule has 13 heavy (non-hydrogen) atoms. The molecule has 0 saturated carbocycles. The lowest BCUT2D eigenvalue weighted by Crippen LogP contribution is -2.04. The van der Waals surface area contributed by atoms with Gasteiger partial charge in [0, 0.05) is 18.3 Å². The van der Waals surface area contributed by atoms with Crippen LogP contribution in [0.4, 0.5) is 13.2 Å². The third-order valence-electron chi connectivity index (χ3n) is 0.979. The number of halogens is 3. The Bertz CT molecular complexity index is 272. The predicted octanol–water partition coefficient (Wildman–Crippen LogP) is 1.87. The average molecular weight is 229 g/mol. The van der Waals surface area contributed by atoms with Crippen molar-refractivity contribution in [2.45, 2.75) is 16.4 Å². The van der Waals surface area contributed by atoms with Crippen LogP contribution in [-0.4, -0.2) is 22.8 Å². The Kier molecular flexibility index (Phi) is 3.51. The summed E-state index contributed by atoms with van der Waals surface area (Å²) in [4.78, 5) is 0. The Morgan fingerprint density at radius 1 is 1.46 bits per heavy atom. The number of thioether (sulfide) groups is 1. The molecule has 0 atom stereocenters. The summed E-state index contributed by atoms with van der Waals surface area (Å²) in [5.74, 6) is 0. The minimum Gasteiger partial charge on any atom is -0.313 e. The summed E-state index contributed by atoms with van der Waals surface area (Å²) in [6.45, 7) is 0.441. The maximum absolute atomic E-state index is 11.8. The molecule has 0 aliphatic carbocycles. The van der Waals surface area contributed by atoms with Crippen LogP contribution < -0.4 is 5.32 Å². The van der Waals surface area contributed by atoms with Crippen LogP contribution in [0.3, 0.4) is 0 Å². The Balaban J connectivity index is 2.59. The zero-order valence-electron chi connectivity index (χ0n) is 6.55. The van der Waals surface area contributed by atoms with Gasteiger partial charge in [-0.2, -0.15) is 13.2 Å². The van der Waals surface area contributed by atoms with Crippen molar-refractivity contribution in [2.24, 2.45) is 0 Å². The first-order valence-electron chi connectivity index (χ1n) is 3.24. The molecule has 1 aromatic heterocycles. The summed E-state index contributed by atoms with van der Waals surface area (Å²) in [5.41, 5.74) is -4.28. The molecule has 1 heterocycles. The molecule has 0 aliphatic heterocycles. The molecule has 0 saturated heterocycles. The summed E-state index contributed by atoms with van der Waals surface area (Å²) >= 11 is 0.707. The third-order valence-corrected chi connectivity index (χ3v) is 2.68. The van der Waals surface area contributed by atoms with Gasteiger partial charge in [0.25, 0.3) is 0 Å². The molecule has 1 aromatic rings. The average Bonchev–Trinajstić information content (AvgIpc) is 2.33. The molecule has 74 valence electrons. The number of aromatic nitrogens is 2. The molecule has 1 N–H and O–H groups in total. The molecule has 1 rings (SSSR count). The Morgan fingerprint density at radius 2 is 2.15 bits per heavy atom. The van der Waals surface area contributed by atoms with Crippen molar-refractivity contribution in [3.05, 3.63) is 5.01 Å². The topological polar surface area (TPSA) is 37.8 Å². The van der Waals surface area contributed by atoms with Gasteiger partial charge >= 0.3 is 5.51 Å². The van der Waals surface area contributed by atoms with Crippen molar-refractivity contribution in [1.29, 1.82) is 0 Å². The van der Waals surface area contributed by atoms with E-state index in [2.05, 4.69) is 15.5 Å². The molecule has 0 aliphatic rings. The van der Waals surface area contributed by atoms with Crippen LogP contribution in [0, 0.1) is 0 Å². The molecule has 8 heteroatoms. The molecular weight excluding hydrogens is 223 g/mol. The monoisotopic (exact) mass is 229 g/mol. The SMILES string of the molecule is CNCc1nnc(SC(F)(F)F)s1. The quantitative estimate of drug-likeness (QED) is 0.803. The first kappa shape index (κ1) is 10.7. The van der Waals surface area contributed by atoms with E-state index in [0.717, 1.165) is 11.3 Å². The fourth-order valence-electron chi connectivity index (χ4n) is 0.601. The zero-order valence-corrected chi connectivity index (χ0v) is 8.18. The summed E-state index contributed by atoms with van der Waals surface area (Å²) < 4.78 is 35.4. The first-order valence-corrected chi connectivity index (χ1v) is 4.87. The van der Waals surface area contributed by atoms with Gasteiger partial charge in [0.05, 0.1) is 0 Å². The fraction of sp³-hybridized carbons (Fsp3) is 0.600. The lowest BCUT2D eigenvalue weighted by atomic mass is 10.7. The summed E-state index contributed by atoms with van der Waals surface area (Å²) in [6.07, 6.45) is 0. The molecule has 0 bridgehead atoms. The van der Waals surface area contributed by atoms with E-state index < -0.39 is 5.51 Å². The highest BCUT2D eigenvalue weighted by Crippen LogP contribution is 2.37. The highest BCUT2D eigenvalue weighted by Gasteiger charge is 2.31. The second kappa shape index (κ2) is 4.25. The molecule has 0 amide bonds. The number of alkyl halides is 3. The van der Waals surface area contributed by atoms with Crippen LogP contribution in [0.25, 0.3) is 0 Å². The van der Waals surface area contributed by atoms with Crippen molar-refractivity contribution < 1.29 is 13.2 Å². The standard InChI is InChI=1S/C5H6F3N3S2/c1-9-2-3-10-11-4(12-3)13-5(6,7)8/h9H,2H2,1H3. The van der Waals surface area contributed by atoms with Crippen molar-refractivity contribution >= 4 is 23.1 Å². The van der Waals surface area contributed by atoms with E-state index in [0.29, 0.717) is 11.6 Å². The van der Waals surface area contributed by atoms with Gasteiger partial charge in [0.15, 0.2) is 4.34 Å². The molecule has 3 nitrogen and oxygen atoms in total.